The molecule has 0 saturated carbocycles. The Bertz CT molecular complexity index is 155. The van der Waals surface area contributed by atoms with E-state index >= 15 is 0 Å². The predicted molar refractivity (Wildman–Crippen MR) is 56.1 cm³/mol. The van der Waals surface area contributed by atoms with Crippen LogP contribution in [0.25, 0.3) is 0 Å². The van der Waals surface area contributed by atoms with E-state index in [1.165, 1.54) is 0 Å². The molecular formula is C10H22N2O2. The lowest BCUT2D eigenvalue weighted by molar-refractivity contribution is -0.0778. The summed E-state index contributed by atoms with van der Waals surface area (Å²) in [5, 5.41) is 9.22. The molecule has 1 fully saturated rings. The fourth-order valence-corrected chi connectivity index (χ4v) is 1.98. The summed E-state index contributed by atoms with van der Waals surface area (Å²) in [4.78, 5) is 2.29. The molecular weight excluding hydrogens is 180 g/mol. The Hall–Kier alpha value is -0.160. The van der Waals surface area contributed by atoms with Gasteiger partial charge in [0.2, 0.25) is 0 Å². The summed E-state index contributed by atoms with van der Waals surface area (Å²) in [5.74, 6) is 0. The zero-order valence-corrected chi connectivity index (χ0v) is 9.15. The van der Waals surface area contributed by atoms with Crippen molar-refractivity contribution >= 4 is 0 Å². The van der Waals surface area contributed by atoms with Crippen molar-refractivity contribution in [2.45, 2.75) is 38.5 Å². The average molecular weight is 202 g/mol. The fraction of sp³-hybridized carbons (Fsp3) is 1.00. The Morgan fingerprint density at radius 2 is 2.36 bits per heavy atom. The standard InChI is InChI=1S/C10H22N2O2/c1-3-9-7-14-8(2)5-12(9)10(4-11)6-13/h8-10,13H,3-7,11H2,1-2H3. The number of hydrogen-bond acceptors (Lipinski definition) is 4. The molecule has 3 N–H and O–H groups in total. The quantitative estimate of drug-likeness (QED) is 0.663. The van der Waals surface area contributed by atoms with Crippen molar-refractivity contribution < 1.29 is 9.84 Å². The Morgan fingerprint density at radius 3 is 2.86 bits per heavy atom. The second kappa shape index (κ2) is 5.66. The highest BCUT2D eigenvalue weighted by Gasteiger charge is 2.29. The number of rotatable bonds is 4. The lowest BCUT2D eigenvalue weighted by Gasteiger charge is -2.42. The smallest absolute Gasteiger partial charge is 0.0674 e. The Balaban J connectivity index is 2.59. The first kappa shape index (κ1) is 11.9. The summed E-state index contributed by atoms with van der Waals surface area (Å²) in [6, 6.07) is 0.498. The summed E-state index contributed by atoms with van der Waals surface area (Å²) >= 11 is 0. The van der Waals surface area contributed by atoms with Gasteiger partial charge in [0.1, 0.15) is 0 Å². The number of ether oxygens (including phenoxy) is 1. The van der Waals surface area contributed by atoms with E-state index in [-0.39, 0.29) is 18.8 Å². The molecule has 0 radical (unpaired) electrons. The molecule has 3 unspecified atom stereocenters. The van der Waals surface area contributed by atoms with Gasteiger partial charge in [0.15, 0.2) is 0 Å². The van der Waals surface area contributed by atoms with Gasteiger partial charge in [-0.1, -0.05) is 6.92 Å². The van der Waals surface area contributed by atoms with Gasteiger partial charge >= 0.3 is 0 Å². The number of hydrogen-bond donors (Lipinski definition) is 2. The van der Waals surface area contributed by atoms with E-state index in [0.717, 1.165) is 19.6 Å². The van der Waals surface area contributed by atoms with Crippen molar-refractivity contribution in [3.05, 3.63) is 0 Å². The molecule has 0 aromatic heterocycles. The maximum Gasteiger partial charge on any atom is 0.0674 e. The second-order valence-electron chi connectivity index (χ2n) is 3.97. The van der Waals surface area contributed by atoms with Crippen LogP contribution in [0.1, 0.15) is 20.3 Å². The molecule has 0 spiro atoms. The third kappa shape index (κ3) is 2.67. The van der Waals surface area contributed by atoms with Crippen molar-refractivity contribution in [2.24, 2.45) is 5.73 Å². The van der Waals surface area contributed by atoms with Crippen molar-refractivity contribution in [3.63, 3.8) is 0 Å². The van der Waals surface area contributed by atoms with Crippen LogP contribution in [0.5, 0.6) is 0 Å². The van der Waals surface area contributed by atoms with Crippen molar-refractivity contribution in [3.8, 4) is 0 Å². The molecule has 0 bridgehead atoms. The van der Waals surface area contributed by atoms with E-state index in [4.69, 9.17) is 10.5 Å². The highest BCUT2D eigenvalue weighted by atomic mass is 16.5. The molecule has 3 atom stereocenters. The minimum atomic E-state index is 0.0892. The van der Waals surface area contributed by atoms with Crippen molar-refractivity contribution in [2.75, 3.05) is 26.3 Å². The second-order valence-corrected chi connectivity index (χ2v) is 3.97. The Labute approximate surface area is 86.0 Å². The average Bonchev–Trinajstić information content (AvgIpc) is 2.20. The van der Waals surface area contributed by atoms with E-state index in [9.17, 15) is 5.11 Å². The van der Waals surface area contributed by atoms with Gasteiger partial charge in [-0.05, 0) is 13.3 Å². The first-order chi connectivity index (χ1) is 6.72. The normalized spacial score (nSPS) is 31.7. The number of morpholine rings is 1. The Kier molecular flexibility index (Phi) is 4.81. The largest absolute Gasteiger partial charge is 0.395 e. The topological polar surface area (TPSA) is 58.7 Å². The van der Waals surface area contributed by atoms with Gasteiger partial charge < -0.3 is 15.6 Å². The van der Waals surface area contributed by atoms with Crippen LogP contribution >= 0.6 is 0 Å². The predicted octanol–water partition coefficient (Wildman–Crippen LogP) is -0.195. The molecule has 1 rings (SSSR count). The third-order valence-corrected chi connectivity index (χ3v) is 2.93. The summed E-state index contributed by atoms with van der Waals surface area (Å²) in [7, 11) is 0. The van der Waals surface area contributed by atoms with Crippen molar-refractivity contribution in [1.82, 2.24) is 4.90 Å². The molecule has 1 heterocycles. The highest BCUT2D eigenvalue weighted by molar-refractivity contribution is 4.83. The maximum absolute atomic E-state index is 9.22. The van der Waals surface area contributed by atoms with Crippen LogP contribution in [0.3, 0.4) is 0 Å². The van der Waals surface area contributed by atoms with Gasteiger partial charge in [0.05, 0.1) is 19.3 Å². The molecule has 84 valence electrons. The molecule has 14 heavy (non-hydrogen) atoms. The van der Waals surface area contributed by atoms with Gasteiger partial charge in [-0.2, -0.15) is 0 Å². The lowest BCUT2D eigenvalue weighted by Crippen LogP contribution is -2.56. The van der Waals surface area contributed by atoms with E-state index in [0.29, 0.717) is 12.6 Å². The SMILES string of the molecule is CCC1COC(C)CN1C(CN)CO. The molecule has 0 aliphatic carbocycles. The number of nitrogens with zero attached hydrogens (tertiary/aromatic N) is 1. The van der Waals surface area contributed by atoms with Crippen LogP contribution < -0.4 is 5.73 Å². The summed E-state index contributed by atoms with van der Waals surface area (Å²) < 4.78 is 5.59. The fourth-order valence-electron chi connectivity index (χ4n) is 1.98. The molecule has 1 saturated heterocycles. The van der Waals surface area contributed by atoms with E-state index in [2.05, 4.69) is 18.7 Å². The molecule has 0 aromatic carbocycles. The van der Waals surface area contributed by atoms with Crippen LogP contribution in [0.4, 0.5) is 0 Å². The van der Waals surface area contributed by atoms with Crippen LogP contribution in [-0.4, -0.2) is 54.5 Å². The number of aliphatic hydroxyl groups is 1. The summed E-state index contributed by atoms with van der Waals surface area (Å²) in [5.41, 5.74) is 5.63. The molecule has 1 aliphatic rings. The van der Waals surface area contributed by atoms with Crippen LogP contribution in [0.2, 0.25) is 0 Å². The monoisotopic (exact) mass is 202 g/mol. The first-order valence-corrected chi connectivity index (χ1v) is 5.41. The van der Waals surface area contributed by atoms with Crippen LogP contribution in [0.15, 0.2) is 0 Å². The zero-order valence-electron chi connectivity index (χ0n) is 9.15. The van der Waals surface area contributed by atoms with E-state index < -0.39 is 0 Å². The van der Waals surface area contributed by atoms with Crippen LogP contribution in [0, 0.1) is 0 Å². The van der Waals surface area contributed by atoms with Gasteiger partial charge in [-0.3, -0.25) is 4.90 Å². The maximum atomic E-state index is 9.22. The summed E-state index contributed by atoms with van der Waals surface area (Å²) in [6.07, 6.45) is 1.29. The molecule has 4 heteroatoms. The van der Waals surface area contributed by atoms with E-state index in [1.807, 2.05) is 0 Å². The van der Waals surface area contributed by atoms with Gasteiger partial charge in [0.25, 0.3) is 0 Å². The number of nitrogens with two attached hydrogens (primary N) is 1. The Morgan fingerprint density at radius 1 is 1.64 bits per heavy atom. The lowest BCUT2D eigenvalue weighted by atomic mass is 10.1. The third-order valence-electron chi connectivity index (χ3n) is 2.93. The number of aliphatic hydroxyl groups excluding tert-OH is 1. The molecule has 0 aromatic rings. The minimum absolute atomic E-state index is 0.0892. The van der Waals surface area contributed by atoms with Gasteiger partial charge in [0, 0.05) is 25.2 Å². The first-order valence-electron chi connectivity index (χ1n) is 5.41. The highest BCUT2D eigenvalue weighted by Crippen LogP contribution is 2.16. The van der Waals surface area contributed by atoms with Gasteiger partial charge in [-0.15, -0.1) is 0 Å². The van der Waals surface area contributed by atoms with E-state index in [1.54, 1.807) is 0 Å². The minimum Gasteiger partial charge on any atom is -0.395 e. The summed E-state index contributed by atoms with van der Waals surface area (Å²) in [6.45, 7) is 6.49. The molecule has 0 amide bonds. The van der Waals surface area contributed by atoms with Gasteiger partial charge in [-0.25, -0.2) is 0 Å². The van der Waals surface area contributed by atoms with Crippen molar-refractivity contribution in [1.29, 1.82) is 0 Å². The zero-order chi connectivity index (χ0) is 10.6. The molecule has 1 aliphatic heterocycles. The van der Waals surface area contributed by atoms with Crippen LogP contribution in [-0.2, 0) is 4.74 Å². The molecule has 4 nitrogen and oxygen atoms in total.